The van der Waals surface area contributed by atoms with Crippen molar-refractivity contribution in [3.8, 4) is 0 Å². The van der Waals surface area contributed by atoms with Crippen LogP contribution in [-0.2, 0) is 0 Å². The molecular weight excluding hydrogens is 292 g/mol. The van der Waals surface area contributed by atoms with E-state index in [9.17, 15) is 0 Å². The number of hydrogen-bond acceptors (Lipinski definition) is 2. The van der Waals surface area contributed by atoms with Gasteiger partial charge in [0.1, 0.15) is 0 Å². The average Bonchev–Trinajstić information content (AvgIpc) is 2.61. The maximum absolute atomic E-state index is 5.02. The zero-order valence-electron chi connectivity index (χ0n) is 14.4. The average molecular weight is 314 g/mol. The topological polar surface area (TPSA) is 25.2 Å². The number of fused-ring (bicyclic) bond motifs is 1. The van der Waals surface area contributed by atoms with Crippen LogP contribution in [0.3, 0.4) is 0 Å². The van der Waals surface area contributed by atoms with Crippen LogP contribution in [0.25, 0.3) is 10.9 Å². The summed E-state index contributed by atoms with van der Waals surface area (Å²) < 4.78 is 0. The van der Waals surface area contributed by atoms with E-state index >= 15 is 0 Å². The lowest BCUT2D eigenvalue weighted by Crippen LogP contribution is -2.03. The highest BCUT2D eigenvalue weighted by molar-refractivity contribution is 6.16. The van der Waals surface area contributed by atoms with E-state index < -0.39 is 0 Å². The fourth-order valence-corrected chi connectivity index (χ4v) is 2.79. The highest BCUT2D eigenvalue weighted by atomic mass is 14.8. The van der Waals surface area contributed by atoms with Gasteiger partial charge in [0, 0.05) is 17.1 Å². The largest absolute Gasteiger partial charge is 0.277 e. The van der Waals surface area contributed by atoms with Gasteiger partial charge in [-0.15, -0.1) is 0 Å². The number of hydrogen-bond donors (Lipinski definition) is 0. The smallest absolute Gasteiger partial charge is 0.0728 e. The summed E-state index contributed by atoms with van der Waals surface area (Å²) in [5, 5.41) is 1.14. The summed E-state index contributed by atoms with van der Waals surface area (Å²) in [6.07, 6.45) is 4.01. The Kier molecular flexibility index (Phi) is 4.85. The molecule has 0 radical (unpaired) electrons. The van der Waals surface area contributed by atoms with Crippen LogP contribution in [0.15, 0.2) is 83.5 Å². The molecule has 0 aliphatic carbocycles. The molecule has 0 aliphatic rings. The van der Waals surface area contributed by atoms with Crippen LogP contribution in [0.1, 0.15) is 37.9 Å². The Labute approximate surface area is 143 Å². The summed E-state index contributed by atoms with van der Waals surface area (Å²) in [5.41, 5.74) is 5.58. The van der Waals surface area contributed by atoms with Gasteiger partial charge in [0.05, 0.1) is 17.3 Å². The van der Waals surface area contributed by atoms with E-state index in [0.717, 1.165) is 22.2 Å². The third kappa shape index (κ3) is 3.60. The molecule has 2 heteroatoms. The standard InChI is InChI=1S/C22H22N2/c1-16(2)15-22(24-17(3)18-9-5-4-6-10-18)20-13-14-23-21-12-8-7-11-19(20)21/h4-15,17H,1-3H3. The molecule has 0 N–H and O–H groups in total. The van der Waals surface area contributed by atoms with E-state index in [1.54, 1.807) is 0 Å². The van der Waals surface area contributed by atoms with Gasteiger partial charge < -0.3 is 0 Å². The van der Waals surface area contributed by atoms with Crippen molar-refractivity contribution in [1.29, 1.82) is 0 Å². The fourth-order valence-electron chi connectivity index (χ4n) is 2.79. The fraction of sp³-hybridized carbons (Fsp3) is 0.182. The Morgan fingerprint density at radius 3 is 2.42 bits per heavy atom. The third-order valence-electron chi connectivity index (χ3n) is 3.97. The molecule has 0 bridgehead atoms. The Hall–Kier alpha value is -2.74. The molecular formula is C22H22N2. The van der Waals surface area contributed by atoms with E-state index in [0.29, 0.717) is 0 Å². The highest BCUT2D eigenvalue weighted by Crippen LogP contribution is 2.22. The van der Waals surface area contributed by atoms with Crippen LogP contribution < -0.4 is 0 Å². The first-order valence-corrected chi connectivity index (χ1v) is 8.27. The van der Waals surface area contributed by atoms with Gasteiger partial charge in [-0.1, -0.05) is 54.1 Å². The lowest BCUT2D eigenvalue weighted by molar-refractivity contribution is 0.821. The molecule has 2 aromatic carbocycles. The van der Waals surface area contributed by atoms with E-state index in [1.807, 2.05) is 30.5 Å². The third-order valence-corrected chi connectivity index (χ3v) is 3.97. The minimum atomic E-state index is 0.101. The Balaban J connectivity index is 2.13. The van der Waals surface area contributed by atoms with Crippen molar-refractivity contribution in [2.45, 2.75) is 26.8 Å². The zero-order valence-corrected chi connectivity index (χ0v) is 14.4. The number of rotatable bonds is 4. The van der Waals surface area contributed by atoms with Gasteiger partial charge in [-0.05, 0) is 44.5 Å². The molecule has 3 aromatic rings. The molecule has 0 amide bonds. The number of nitrogens with zero attached hydrogens (tertiary/aromatic N) is 2. The van der Waals surface area contributed by atoms with Crippen LogP contribution in [0.2, 0.25) is 0 Å². The van der Waals surface area contributed by atoms with Gasteiger partial charge >= 0.3 is 0 Å². The SMILES string of the molecule is CC(C)=CC(=NC(C)c1ccccc1)c1ccnc2ccccc12. The maximum atomic E-state index is 5.02. The minimum Gasteiger partial charge on any atom is -0.277 e. The monoisotopic (exact) mass is 314 g/mol. The number of aromatic nitrogens is 1. The van der Waals surface area contributed by atoms with Gasteiger partial charge in [0.15, 0.2) is 0 Å². The van der Waals surface area contributed by atoms with Crippen LogP contribution in [-0.4, -0.2) is 10.7 Å². The zero-order chi connectivity index (χ0) is 16.9. The second kappa shape index (κ2) is 7.22. The summed E-state index contributed by atoms with van der Waals surface area (Å²) >= 11 is 0. The second-order valence-corrected chi connectivity index (χ2v) is 6.20. The van der Waals surface area contributed by atoms with Gasteiger partial charge in [-0.3, -0.25) is 9.98 Å². The number of benzene rings is 2. The molecule has 0 aliphatic heterocycles. The van der Waals surface area contributed by atoms with Crippen LogP contribution in [0, 0.1) is 0 Å². The first-order valence-electron chi connectivity index (χ1n) is 8.27. The highest BCUT2D eigenvalue weighted by Gasteiger charge is 2.10. The maximum Gasteiger partial charge on any atom is 0.0728 e. The molecule has 0 fully saturated rings. The van der Waals surface area contributed by atoms with Crippen molar-refractivity contribution < 1.29 is 0 Å². The number of para-hydroxylation sites is 1. The molecule has 0 saturated heterocycles. The van der Waals surface area contributed by atoms with Crippen molar-refractivity contribution >= 4 is 16.6 Å². The molecule has 1 heterocycles. The normalized spacial score (nSPS) is 12.9. The molecule has 1 unspecified atom stereocenters. The van der Waals surface area contributed by atoms with E-state index in [4.69, 9.17) is 4.99 Å². The molecule has 0 saturated carbocycles. The van der Waals surface area contributed by atoms with Gasteiger partial charge in [-0.2, -0.15) is 0 Å². The van der Waals surface area contributed by atoms with E-state index in [1.165, 1.54) is 11.1 Å². The minimum absolute atomic E-state index is 0.101. The molecule has 1 aromatic heterocycles. The van der Waals surface area contributed by atoms with Crippen LogP contribution in [0.4, 0.5) is 0 Å². The summed E-state index contributed by atoms with van der Waals surface area (Å²) in [6.45, 7) is 6.34. The van der Waals surface area contributed by atoms with E-state index in [2.05, 4.69) is 68.2 Å². The summed E-state index contributed by atoms with van der Waals surface area (Å²) in [6, 6.07) is 20.8. The number of allylic oxidation sites excluding steroid dienone is 2. The van der Waals surface area contributed by atoms with Crippen LogP contribution >= 0.6 is 0 Å². The number of pyridine rings is 1. The Morgan fingerprint density at radius 1 is 0.958 bits per heavy atom. The van der Waals surface area contributed by atoms with Crippen molar-refractivity contribution in [3.63, 3.8) is 0 Å². The first kappa shape index (κ1) is 16.1. The van der Waals surface area contributed by atoms with Crippen molar-refractivity contribution in [1.82, 2.24) is 4.98 Å². The molecule has 0 spiro atoms. The summed E-state index contributed by atoms with van der Waals surface area (Å²) in [5.74, 6) is 0. The molecule has 24 heavy (non-hydrogen) atoms. The summed E-state index contributed by atoms with van der Waals surface area (Å²) in [7, 11) is 0. The molecule has 1 atom stereocenters. The first-order chi connectivity index (χ1) is 11.6. The predicted octanol–water partition coefficient (Wildman–Crippen LogP) is 5.75. The van der Waals surface area contributed by atoms with Crippen molar-refractivity contribution in [2.75, 3.05) is 0 Å². The number of aliphatic imine (C=N–C) groups is 1. The quantitative estimate of drug-likeness (QED) is 0.563. The predicted molar refractivity (Wildman–Crippen MR) is 103 cm³/mol. The molecule has 2 nitrogen and oxygen atoms in total. The van der Waals surface area contributed by atoms with Gasteiger partial charge in [0.25, 0.3) is 0 Å². The van der Waals surface area contributed by atoms with Gasteiger partial charge in [-0.25, -0.2) is 0 Å². The Bertz CT molecular complexity index is 883. The lowest BCUT2D eigenvalue weighted by Gasteiger charge is -2.12. The summed E-state index contributed by atoms with van der Waals surface area (Å²) in [4.78, 5) is 9.48. The Morgan fingerprint density at radius 2 is 1.67 bits per heavy atom. The molecule has 120 valence electrons. The second-order valence-electron chi connectivity index (χ2n) is 6.20. The lowest BCUT2D eigenvalue weighted by atomic mass is 10.0. The van der Waals surface area contributed by atoms with Crippen molar-refractivity contribution in [3.05, 3.63) is 89.6 Å². The van der Waals surface area contributed by atoms with E-state index in [-0.39, 0.29) is 6.04 Å². The van der Waals surface area contributed by atoms with Crippen molar-refractivity contribution in [2.24, 2.45) is 4.99 Å². The van der Waals surface area contributed by atoms with Gasteiger partial charge in [0.2, 0.25) is 0 Å². The van der Waals surface area contributed by atoms with Crippen LogP contribution in [0.5, 0.6) is 0 Å². The molecule has 3 rings (SSSR count).